The van der Waals surface area contributed by atoms with Gasteiger partial charge in [0, 0.05) is 15.7 Å². The van der Waals surface area contributed by atoms with Crippen LogP contribution in [0.1, 0.15) is 21.5 Å². The third kappa shape index (κ3) is 6.36. The number of carbonyl (C=O) groups is 2. The number of ether oxygens (including phenoxy) is 2. The van der Waals surface area contributed by atoms with E-state index in [0.29, 0.717) is 26.9 Å². The molecule has 0 aliphatic heterocycles. The number of aryl methyl sites for hydroxylation is 1. The Bertz CT molecular complexity index is 1260. The monoisotopic (exact) mass is 480 g/mol. The maximum absolute atomic E-state index is 12.5. The van der Waals surface area contributed by atoms with Gasteiger partial charge in [-0.05, 0) is 61.0 Å². The lowest BCUT2D eigenvalue weighted by molar-refractivity contribution is -0.112. The molecule has 3 aromatic rings. The predicted octanol–water partition coefficient (Wildman–Crippen LogP) is 6.08. The molecule has 0 aliphatic carbocycles. The van der Waals surface area contributed by atoms with Gasteiger partial charge in [0.2, 0.25) is 0 Å². The molecule has 0 unspecified atom stereocenters. The van der Waals surface area contributed by atoms with Crippen molar-refractivity contribution in [2.75, 3.05) is 12.4 Å². The van der Waals surface area contributed by atoms with Crippen molar-refractivity contribution in [3.05, 3.63) is 93.0 Å². The molecule has 0 saturated carbocycles. The average Bonchev–Trinajstić information content (AvgIpc) is 2.77. The fraction of sp³-hybridized carbons (Fsp3) is 0.0800. The van der Waals surface area contributed by atoms with Crippen molar-refractivity contribution in [3.8, 4) is 17.6 Å². The largest absolute Gasteiger partial charge is 0.493 e. The van der Waals surface area contributed by atoms with Gasteiger partial charge in [-0.2, -0.15) is 5.26 Å². The number of esters is 1. The second-order valence-electron chi connectivity index (χ2n) is 6.95. The van der Waals surface area contributed by atoms with E-state index in [0.717, 1.165) is 5.56 Å². The highest BCUT2D eigenvalue weighted by Crippen LogP contribution is 2.30. The molecule has 0 radical (unpaired) electrons. The first kappa shape index (κ1) is 23.9. The Morgan fingerprint density at radius 2 is 1.64 bits per heavy atom. The van der Waals surface area contributed by atoms with E-state index < -0.39 is 11.9 Å². The van der Waals surface area contributed by atoms with Crippen molar-refractivity contribution in [3.63, 3.8) is 0 Å². The summed E-state index contributed by atoms with van der Waals surface area (Å²) in [5.74, 6) is -0.696. The van der Waals surface area contributed by atoms with Gasteiger partial charge in [-0.1, -0.05) is 47.0 Å². The molecule has 0 fully saturated rings. The molecule has 8 heteroatoms. The van der Waals surface area contributed by atoms with Gasteiger partial charge in [-0.3, -0.25) is 4.79 Å². The summed E-state index contributed by atoms with van der Waals surface area (Å²) >= 11 is 11.9. The first-order chi connectivity index (χ1) is 15.8. The molecule has 6 nitrogen and oxygen atoms in total. The highest BCUT2D eigenvalue weighted by Gasteiger charge is 2.15. The molecule has 0 saturated heterocycles. The first-order valence-electron chi connectivity index (χ1n) is 9.65. The molecule has 0 bridgehead atoms. The normalized spacial score (nSPS) is 10.8. The van der Waals surface area contributed by atoms with E-state index in [1.807, 2.05) is 25.1 Å². The Labute approximate surface area is 201 Å². The minimum absolute atomic E-state index is 0.155. The van der Waals surface area contributed by atoms with Crippen LogP contribution in [0.15, 0.2) is 66.2 Å². The molecular formula is C25H18Cl2N2O4. The summed E-state index contributed by atoms with van der Waals surface area (Å²) in [4.78, 5) is 24.9. The third-order valence-corrected chi connectivity index (χ3v) is 4.91. The van der Waals surface area contributed by atoms with Crippen LogP contribution in [0.25, 0.3) is 6.08 Å². The lowest BCUT2D eigenvalue weighted by atomic mass is 10.1. The highest BCUT2D eigenvalue weighted by molar-refractivity contribution is 6.35. The Morgan fingerprint density at radius 1 is 0.970 bits per heavy atom. The number of amides is 1. The van der Waals surface area contributed by atoms with Crippen molar-refractivity contribution in [2.45, 2.75) is 6.92 Å². The molecule has 166 valence electrons. The third-order valence-electron chi connectivity index (χ3n) is 4.47. The van der Waals surface area contributed by atoms with Crippen molar-refractivity contribution in [2.24, 2.45) is 0 Å². The quantitative estimate of drug-likeness (QED) is 0.200. The van der Waals surface area contributed by atoms with E-state index in [1.54, 1.807) is 24.3 Å². The predicted molar refractivity (Wildman–Crippen MR) is 128 cm³/mol. The average molecular weight is 481 g/mol. The van der Waals surface area contributed by atoms with Gasteiger partial charge < -0.3 is 14.8 Å². The van der Waals surface area contributed by atoms with Crippen LogP contribution in [-0.2, 0) is 4.79 Å². The van der Waals surface area contributed by atoms with E-state index >= 15 is 0 Å². The van der Waals surface area contributed by atoms with Crippen molar-refractivity contribution >= 4 is 46.8 Å². The number of hydrogen-bond acceptors (Lipinski definition) is 5. The number of nitrogens with zero attached hydrogens (tertiary/aromatic N) is 1. The first-order valence-corrected chi connectivity index (χ1v) is 10.4. The van der Waals surface area contributed by atoms with Gasteiger partial charge in [-0.15, -0.1) is 0 Å². The Balaban J connectivity index is 1.80. The van der Waals surface area contributed by atoms with Gasteiger partial charge >= 0.3 is 5.97 Å². The SMILES string of the molecule is COc1cc(/C=C(/C#N)C(=O)Nc2cc(Cl)cc(Cl)c2)ccc1OC(=O)c1ccc(C)cc1. The number of nitriles is 1. The van der Waals surface area contributed by atoms with Crippen LogP contribution in [0.4, 0.5) is 5.69 Å². The van der Waals surface area contributed by atoms with E-state index in [-0.39, 0.29) is 17.1 Å². The lowest BCUT2D eigenvalue weighted by Crippen LogP contribution is -2.13. The zero-order chi connectivity index (χ0) is 24.0. The van der Waals surface area contributed by atoms with E-state index in [1.165, 1.54) is 37.5 Å². The van der Waals surface area contributed by atoms with Crippen molar-refractivity contribution in [1.29, 1.82) is 5.26 Å². The van der Waals surface area contributed by atoms with Crippen molar-refractivity contribution in [1.82, 2.24) is 0 Å². The summed E-state index contributed by atoms with van der Waals surface area (Å²) in [6.45, 7) is 1.92. The second-order valence-corrected chi connectivity index (χ2v) is 7.82. The van der Waals surface area contributed by atoms with Crippen LogP contribution >= 0.6 is 23.2 Å². The Morgan fingerprint density at radius 3 is 2.24 bits per heavy atom. The summed E-state index contributed by atoms with van der Waals surface area (Å²) in [7, 11) is 1.42. The van der Waals surface area contributed by atoms with Crippen LogP contribution in [0, 0.1) is 18.3 Å². The number of anilines is 1. The molecule has 0 aliphatic rings. The second kappa shape index (κ2) is 10.7. The molecule has 0 spiro atoms. The Kier molecular flexibility index (Phi) is 7.73. The zero-order valence-electron chi connectivity index (χ0n) is 17.7. The topological polar surface area (TPSA) is 88.4 Å². The van der Waals surface area contributed by atoms with E-state index in [2.05, 4.69) is 5.32 Å². The number of nitrogens with one attached hydrogen (secondary N) is 1. The molecular weight excluding hydrogens is 463 g/mol. The Hall–Kier alpha value is -3.79. The molecule has 0 aromatic heterocycles. The van der Waals surface area contributed by atoms with E-state index in [9.17, 15) is 14.9 Å². The van der Waals surface area contributed by atoms with Crippen LogP contribution < -0.4 is 14.8 Å². The molecule has 1 N–H and O–H groups in total. The maximum Gasteiger partial charge on any atom is 0.343 e. The fourth-order valence-electron chi connectivity index (χ4n) is 2.85. The molecule has 3 aromatic carbocycles. The zero-order valence-corrected chi connectivity index (χ0v) is 19.2. The fourth-order valence-corrected chi connectivity index (χ4v) is 3.37. The van der Waals surface area contributed by atoms with E-state index in [4.69, 9.17) is 32.7 Å². The van der Waals surface area contributed by atoms with Gasteiger partial charge in [-0.25, -0.2) is 4.79 Å². The van der Waals surface area contributed by atoms with Crippen LogP contribution in [0.2, 0.25) is 10.0 Å². The summed E-state index contributed by atoms with van der Waals surface area (Å²) in [5.41, 5.74) is 2.12. The molecule has 0 heterocycles. The minimum Gasteiger partial charge on any atom is -0.493 e. The number of carbonyl (C=O) groups excluding carboxylic acids is 2. The van der Waals surface area contributed by atoms with Crippen LogP contribution in [-0.4, -0.2) is 19.0 Å². The smallest absolute Gasteiger partial charge is 0.343 e. The minimum atomic E-state index is -0.635. The standard InChI is InChI=1S/C25H18Cl2N2O4/c1-15-3-6-17(7-4-15)25(31)33-22-8-5-16(10-23(22)32-2)9-18(14-28)24(30)29-21-12-19(26)11-20(27)13-21/h3-13H,1-2H3,(H,29,30)/b18-9-. The number of hydrogen-bond donors (Lipinski definition) is 1. The van der Waals surface area contributed by atoms with Crippen molar-refractivity contribution < 1.29 is 19.1 Å². The number of methoxy groups -OCH3 is 1. The summed E-state index contributed by atoms with van der Waals surface area (Å²) in [6.07, 6.45) is 1.38. The van der Waals surface area contributed by atoms with Gasteiger partial charge in [0.15, 0.2) is 11.5 Å². The molecule has 3 rings (SSSR count). The van der Waals surface area contributed by atoms with Crippen LogP contribution in [0.5, 0.6) is 11.5 Å². The van der Waals surface area contributed by atoms with Gasteiger partial charge in [0.1, 0.15) is 11.6 Å². The summed E-state index contributed by atoms with van der Waals surface area (Å²) in [5, 5.41) is 12.7. The number of benzene rings is 3. The highest BCUT2D eigenvalue weighted by atomic mass is 35.5. The van der Waals surface area contributed by atoms with Gasteiger partial charge in [0.25, 0.3) is 5.91 Å². The lowest BCUT2D eigenvalue weighted by Gasteiger charge is -2.10. The molecule has 1 amide bonds. The molecule has 0 atom stereocenters. The maximum atomic E-state index is 12.5. The summed E-state index contributed by atoms with van der Waals surface area (Å²) in [6, 6.07) is 18.1. The number of rotatable bonds is 6. The molecule has 33 heavy (non-hydrogen) atoms. The van der Waals surface area contributed by atoms with Crippen LogP contribution in [0.3, 0.4) is 0 Å². The number of halogens is 2. The van der Waals surface area contributed by atoms with Gasteiger partial charge in [0.05, 0.1) is 12.7 Å². The summed E-state index contributed by atoms with van der Waals surface area (Å²) < 4.78 is 10.8.